The zero-order chi connectivity index (χ0) is 18.6. The number of nitrogens with zero attached hydrogens (tertiary/aromatic N) is 1. The summed E-state index contributed by atoms with van der Waals surface area (Å²) in [6.45, 7) is 6.37. The Kier molecular flexibility index (Phi) is 6.79. The topological polar surface area (TPSA) is 66.5 Å². The minimum atomic E-state index is -3.46. The number of carbonyl (C=O) groups excluding carboxylic acids is 1. The second-order valence-corrected chi connectivity index (χ2v) is 9.86. The fourth-order valence-electron chi connectivity index (χ4n) is 2.43. The number of nitrogens with one attached hydrogen (secondary N) is 1. The monoisotopic (exact) mass is 444 g/mol. The van der Waals surface area contributed by atoms with Crippen molar-refractivity contribution < 1.29 is 13.2 Å². The van der Waals surface area contributed by atoms with Gasteiger partial charge in [-0.05, 0) is 52.7 Å². The van der Waals surface area contributed by atoms with Gasteiger partial charge in [-0.1, -0.05) is 26.0 Å². The Hall–Kier alpha value is -1.22. The van der Waals surface area contributed by atoms with Crippen LogP contribution in [0.1, 0.15) is 42.0 Å². The number of rotatable bonds is 7. The minimum Gasteiger partial charge on any atom is -0.345 e. The number of thiophene rings is 1. The largest absolute Gasteiger partial charge is 0.345 e. The maximum atomic E-state index is 12.5. The van der Waals surface area contributed by atoms with E-state index in [9.17, 15) is 13.2 Å². The summed E-state index contributed by atoms with van der Waals surface area (Å²) in [6.07, 6.45) is 0. The molecular formula is C17H21BrN2O3S2. The SMILES string of the molecule is CCN(CC)S(=O)(=O)c1ccc([C@@H](C)NC(=O)c2ccc(Br)s2)cc1. The van der Waals surface area contributed by atoms with E-state index in [1.54, 1.807) is 30.3 Å². The van der Waals surface area contributed by atoms with Crippen molar-refractivity contribution in [3.05, 3.63) is 50.6 Å². The molecular weight excluding hydrogens is 424 g/mol. The van der Waals surface area contributed by atoms with Crippen LogP contribution in [0.15, 0.2) is 45.1 Å². The lowest BCUT2D eigenvalue weighted by atomic mass is 10.1. The van der Waals surface area contributed by atoms with Crippen LogP contribution >= 0.6 is 27.3 Å². The van der Waals surface area contributed by atoms with Crippen LogP contribution in [0.4, 0.5) is 0 Å². The first kappa shape index (κ1) is 20.1. The lowest BCUT2D eigenvalue weighted by Crippen LogP contribution is -2.30. The van der Waals surface area contributed by atoms with Crippen molar-refractivity contribution in [2.45, 2.75) is 31.7 Å². The smallest absolute Gasteiger partial charge is 0.261 e. The van der Waals surface area contributed by atoms with Gasteiger partial charge >= 0.3 is 0 Å². The Morgan fingerprint density at radius 2 is 1.76 bits per heavy atom. The number of sulfonamides is 1. The van der Waals surface area contributed by atoms with Gasteiger partial charge in [-0.15, -0.1) is 11.3 Å². The summed E-state index contributed by atoms with van der Waals surface area (Å²) in [6, 6.07) is 10.0. The molecule has 1 aromatic carbocycles. The van der Waals surface area contributed by atoms with Crippen molar-refractivity contribution >= 4 is 43.2 Å². The average Bonchev–Trinajstić information content (AvgIpc) is 3.02. The Morgan fingerprint density at radius 3 is 2.24 bits per heavy atom. The second-order valence-electron chi connectivity index (χ2n) is 5.46. The Bertz CT molecular complexity index is 828. The van der Waals surface area contributed by atoms with Gasteiger partial charge in [0.05, 0.1) is 19.6 Å². The predicted octanol–water partition coefficient (Wildman–Crippen LogP) is 4.03. The summed E-state index contributed by atoms with van der Waals surface area (Å²) < 4.78 is 27.3. The highest BCUT2D eigenvalue weighted by atomic mass is 79.9. The van der Waals surface area contributed by atoms with Crippen molar-refractivity contribution in [1.29, 1.82) is 0 Å². The van der Waals surface area contributed by atoms with Gasteiger partial charge in [0.25, 0.3) is 5.91 Å². The Balaban J connectivity index is 2.12. The molecule has 8 heteroatoms. The molecule has 25 heavy (non-hydrogen) atoms. The van der Waals surface area contributed by atoms with Gasteiger partial charge in [0.15, 0.2) is 0 Å². The van der Waals surface area contributed by atoms with Crippen LogP contribution in [0.25, 0.3) is 0 Å². The van der Waals surface area contributed by atoms with E-state index in [2.05, 4.69) is 21.2 Å². The molecule has 0 aliphatic rings. The molecule has 0 unspecified atom stereocenters. The van der Waals surface area contributed by atoms with E-state index in [1.165, 1.54) is 15.6 Å². The molecule has 2 aromatic rings. The van der Waals surface area contributed by atoms with E-state index in [-0.39, 0.29) is 16.8 Å². The average molecular weight is 445 g/mol. The molecule has 0 saturated heterocycles. The van der Waals surface area contributed by atoms with E-state index in [4.69, 9.17) is 0 Å². The van der Waals surface area contributed by atoms with Gasteiger partial charge in [0.2, 0.25) is 10.0 Å². The molecule has 0 bridgehead atoms. The lowest BCUT2D eigenvalue weighted by Gasteiger charge is -2.19. The summed E-state index contributed by atoms with van der Waals surface area (Å²) in [4.78, 5) is 13.1. The molecule has 1 atom stereocenters. The van der Waals surface area contributed by atoms with Crippen molar-refractivity contribution in [2.75, 3.05) is 13.1 Å². The molecule has 0 spiro atoms. The van der Waals surface area contributed by atoms with Crippen LogP contribution < -0.4 is 5.32 Å². The highest BCUT2D eigenvalue weighted by molar-refractivity contribution is 9.11. The fraction of sp³-hybridized carbons (Fsp3) is 0.353. The number of benzene rings is 1. The van der Waals surface area contributed by atoms with Gasteiger partial charge in [0.1, 0.15) is 0 Å². The predicted molar refractivity (Wildman–Crippen MR) is 104 cm³/mol. The third kappa shape index (κ3) is 4.69. The van der Waals surface area contributed by atoms with Crippen LogP contribution in [-0.4, -0.2) is 31.7 Å². The summed E-state index contributed by atoms with van der Waals surface area (Å²) in [5, 5.41) is 2.92. The maximum absolute atomic E-state index is 12.5. The molecule has 1 N–H and O–H groups in total. The Morgan fingerprint density at radius 1 is 1.16 bits per heavy atom. The quantitative estimate of drug-likeness (QED) is 0.700. The highest BCUT2D eigenvalue weighted by Crippen LogP contribution is 2.23. The normalized spacial score (nSPS) is 13.0. The molecule has 0 radical (unpaired) electrons. The van der Waals surface area contributed by atoms with E-state index in [0.29, 0.717) is 18.0 Å². The molecule has 0 saturated carbocycles. The maximum Gasteiger partial charge on any atom is 0.261 e. The van der Waals surface area contributed by atoms with E-state index in [0.717, 1.165) is 9.35 Å². The van der Waals surface area contributed by atoms with Crippen molar-refractivity contribution in [3.63, 3.8) is 0 Å². The van der Waals surface area contributed by atoms with E-state index < -0.39 is 10.0 Å². The van der Waals surface area contributed by atoms with Gasteiger partial charge in [-0.25, -0.2) is 8.42 Å². The first-order chi connectivity index (χ1) is 11.8. The molecule has 1 amide bonds. The van der Waals surface area contributed by atoms with Crippen LogP contribution in [0.3, 0.4) is 0 Å². The minimum absolute atomic E-state index is 0.150. The summed E-state index contributed by atoms with van der Waals surface area (Å²) in [7, 11) is -3.46. The standard InChI is InChI=1S/C17H21BrN2O3S2/c1-4-20(5-2)25(22,23)14-8-6-13(7-9-14)12(3)19-17(21)15-10-11-16(18)24-15/h6-12H,4-5H2,1-3H3,(H,19,21)/t12-/m1/s1. The molecule has 0 fully saturated rings. The molecule has 1 aromatic heterocycles. The summed E-state index contributed by atoms with van der Waals surface area (Å²) >= 11 is 4.71. The number of halogens is 1. The first-order valence-electron chi connectivity index (χ1n) is 7.95. The summed E-state index contributed by atoms with van der Waals surface area (Å²) in [5.74, 6) is -0.150. The Labute approximate surface area is 161 Å². The molecule has 0 aliphatic carbocycles. The van der Waals surface area contributed by atoms with Gasteiger partial charge in [-0.2, -0.15) is 4.31 Å². The first-order valence-corrected chi connectivity index (χ1v) is 11.0. The molecule has 5 nitrogen and oxygen atoms in total. The third-order valence-electron chi connectivity index (χ3n) is 3.87. The third-order valence-corrected chi connectivity index (χ3v) is 7.55. The number of hydrogen-bond acceptors (Lipinski definition) is 4. The van der Waals surface area contributed by atoms with Crippen LogP contribution in [0.5, 0.6) is 0 Å². The van der Waals surface area contributed by atoms with E-state index >= 15 is 0 Å². The number of carbonyl (C=O) groups is 1. The lowest BCUT2D eigenvalue weighted by molar-refractivity contribution is 0.0944. The molecule has 136 valence electrons. The van der Waals surface area contributed by atoms with Gasteiger partial charge < -0.3 is 5.32 Å². The van der Waals surface area contributed by atoms with E-state index in [1.807, 2.05) is 26.8 Å². The molecule has 0 aliphatic heterocycles. The van der Waals surface area contributed by atoms with Crippen molar-refractivity contribution in [1.82, 2.24) is 9.62 Å². The zero-order valence-corrected chi connectivity index (χ0v) is 17.5. The van der Waals surface area contributed by atoms with Crippen molar-refractivity contribution in [3.8, 4) is 0 Å². The molecule has 2 rings (SSSR count). The summed E-state index contributed by atoms with van der Waals surface area (Å²) in [5.41, 5.74) is 0.850. The van der Waals surface area contributed by atoms with Crippen LogP contribution in [0.2, 0.25) is 0 Å². The van der Waals surface area contributed by atoms with Gasteiger partial charge in [0, 0.05) is 13.1 Å². The zero-order valence-electron chi connectivity index (χ0n) is 14.3. The second kappa shape index (κ2) is 8.44. The number of amides is 1. The van der Waals surface area contributed by atoms with Crippen molar-refractivity contribution in [2.24, 2.45) is 0 Å². The number of hydrogen-bond donors (Lipinski definition) is 1. The van der Waals surface area contributed by atoms with Crippen LogP contribution in [0, 0.1) is 0 Å². The van der Waals surface area contributed by atoms with Crippen LogP contribution in [-0.2, 0) is 10.0 Å². The molecule has 1 heterocycles. The van der Waals surface area contributed by atoms with Gasteiger partial charge in [-0.3, -0.25) is 4.79 Å². The fourth-order valence-corrected chi connectivity index (χ4v) is 5.18. The highest BCUT2D eigenvalue weighted by Gasteiger charge is 2.21.